The first-order valence-corrected chi connectivity index (χ1v) is 26.0. The zero-order valence-electron chi connectivity index (χ0n) is 46.0. The minimum Gasteiger partial charge on any atom is -0.465 e. The average molecular weight is 1030 g/mol. The third kappa shape index (κ3) is 10.3. The number of rotatable bonds is 13. The van der Waals surface area contributed by atoms with Crippen LogP contribution in [0, 0.1) is 50.2 Å². The van der Waals surface area contributed by atoms with Gasteiger partial charge in [0.1, 0.15) is 31.5 Å². The van der Waals surface area contributed by atoms with E-state index in [0.29, 0.717) is 19.3 Å². The van der Waals surface area contributed by atoms with E-state index in [1.165, 1.54) is 34.6 Å². The number of allylic oxidation sites excluding steroid dienone is 4. The monoisotopic (exact) mass is 1030 g/mol. The van der Waals surface area contributed by atoms with Crippen LogP contribution < -0.4 is 0 Å². The van der Waals surface area contributed by atoms with Crippen LogP contribution in [0.2, 0.25) is 0 Å². The normalized spacial score (nSPS) is 40.9. The summed E-state index contributed by atoms with van der Waals surface area (Å²) in [7, 11) is 0. The van der Waals surface area contributed by atoms with Gasteiger partial charge in [0.2, 0.25) is 0 Å². The number of hydrogen-bond donors (Lipinski definition) is 1. The second kappa shape index (κ2) is 21.2. The predicted octanol–water partition coefficient (Wildman–Crippen LogP) is 7.77. The van der Waals surface area contributed by atoms with Crippen LogP contribution in [0.3, 0.4) is 0 Å². The molecule has 1 saturated heterocycles. The molecule has 408 valence electrons. The van der Waals surface area contributed by atoms with Crippen molar-refractivity contribution < 1.29 is 81.3 Å². The first kappa shape index (κ1) is 57.7. The molecule has 0 radical (unpaired) electrons. The first-order chi connectivity index (χ1) is 33.9. The summed E-state index contributed by atoms with van der Waals surface area (Å²) in [4.78, 5) is 91.3. The molecule has 17 heteroatoms. The molecule has 6 rings (SSSR count). The van der Waals surface area contributed by atoms with Crippen molar-refractivity contribution in [2.24, 2.45) is 50.2 Å². The van der Waals surface area contributed by atoms with Gasteiger partial charge in [-0.25, -0.2) is 9.59 Å². The van der Waals surface area contributed by atoms with Crippen molar-refractivity contribution in [1.29, 1.82) is 0 Å². The lowest BCUT2D eigenvalue weighted by atomic mass is 9.33. The van der Waals surface area contributed by atoms with Gasteiger partial charge in [0.25, 0.3) is 0 Å². The number of esters is 7. The minimum atomic E-state index is -1.53. The highest BCUT2D eigenvalue weighted by atomic mass is 16.7. The minimum absolute atomic E-state index is 0.0147. The van der Waals surface area contributed by atoms with Gasteiger partial charge in [-0.2, -0.15) is 0 Å². The zero-order valence-corrected chi connectivity index (χ0v) is 46.0. The third-order valence-corrected chi connectivity index (χ3v) is 18.8. The summed E-state index contributed by atoms with van der Waals surface area (Å²) in [6, 6.07) is 0. The van der Waals surface area contributed by atoms with Crippen LogP contribution in [0.5, 0.6) is 0 Å². The van der Waals surface area contributed by atoms with Gasteiger partial charge in [0.05, 0.1) is 17.6 Å². The van der Waals surface area contributed by atoms with Gasteiger partial charge in [-0.05, 0) is 119 Å². The standard InChI is InChI=1S/C56H82O17/c1-17-29(3)48(63)71-43-31(5)67-50(45(69-35(9)60)44(43)72-49(64)30(4)18-2)73-46-47(70-36(10)61)56(28-66-33(7)58)38(25-51(46,11)12)37-19-20-40-52(13)23-22-42(68-34(8)59)53(14,27-65-32(6)57)39(52)21-24-54(40,15)55(37,16)26-41(56)62/h17-19,31,38-47,50,62H,20-28H2,1-16H3. The predicted molar refractivity (Wildman–Crippen MR) is 263 cm³/mol. The lowest BCUT2D eigenvalue weighted by Gasteiger charge is -2.72. The zero-order chi connectivity index (χ0) is 54.6. The molecule has 17 unspecified atom stereocenters. The largest absolute Gasteiger partial charge is 0.465 e. The molecule has 17 atom stereocenters. The van der Waals surface area contributed by atoms with Crippen molar-refractivity contribution in [3.8, 4) is 0 Å². The Labute approximate surface area is 431 Å². The van der Waals surface area contributed by atoms with Crippen molar-refractivity contribution in [2.75, 3.05) is 13.2 Å². The molecule has 0 bridgehead atoms. The topological polar surface area (TPSA) is 223 Å². The summed E-state index contributed by atoms with van der Waals surface area (Å²) < 4.78 is 55.6. The highest BCUT2D eigenvalue weighted by molar-refractivity contribution is 5.88. The molecule has 17 nitrogen and oxygen atoms in total. The van der Waals surface area contributed by atoms with Crippen molar-refractivity contribution >= 4 is 41.8 Å². The van der Waals surface area contributed by atoms with E-state index in [-0.39, 0.29) is 54.0 Å². The molecule has 5 fully saturated rings. The maximum Gasteiger partial charge on any atom is 0.333 e. The molecule has 1 aliphatic heterocycles. The summed E-state index contributed by atoms with van der Waals surface area (Å²) in [6.45, 7) is 27.2. The van der Waals surface area contributed by atoms with Crippen LogP contribution >= 0.6 is 0 Å². The van der Waals surface area contributed by atoms with E-state index in [9.17, 15) is 38.7 Å². The molecular formula is C56H82O17. The molecule has 4 saturated carbocycles. The molecule has 0 aromatic rings. The number of fused-ring (bicyclic) bond motifs is 7. The van der Waals surface area contributed by atoms with Crippen LogP contribution in [-0.2, 0) is 76.2 Å². The Bertz CT molecular complexity index is 2280. The molecule has 0 spiro atoms. The van der Waals surface area contributed by atoms with Crippen molar-refractivity contribution in [3.05, 3.63) is 34.9 Å². The van der Waals surface area contributed by atoms with E-state index in [0.717, 1.165) is 24.8 Å². The number of aliphatic hydroxyl groups excluding tert-OH is 1. The summed E-state index contributed by atoms with van der Waals surface area (Å²) in [5, 5.41) is 13.3. The average Bonchev–Trinajstić information content (AvgIpc) is 3.28. The highest BCUT2D eigenvalue weighted by Gasteiger charge is 2.74. The molecule has 0 aromatic carbocycles. The Hall–Kier alpha value is -4.61. The van der Waals surface area contributed by atoms with Crippen molar-refractivity contribution in [2.45, 2.75) is 211 Å². The fraction of sp³-hybridized carbons (Fsp3) is 0.768. The van der Waals surface area contributed by atoms with Crippen LogP contribution in [0.15, 0.2) is 34.9 Å². The number of carbonyl (C=O) groups excluding carboxylic acids is 7. The van der Waals surface area contributed by atoms with E-state index >= 15 is 0 Å². The Morgan fingerprint density at radius 2 is 1.22 bits per heavy atom. The quantitative estimate of drug-likeness (QED) is 0.0612. The van der Waals surface area contributed by atoms with Gasteiger partial charge in [-0.1, -0.05) is 65.3 Å². The second-order valence-corrected chi connectivity index (χ2v) is 23.6. The SMILES string of the molecule is CC=C(C)C(=O)OC1C(C)OC(OC2C(OC(C)=O)C3(COC(C)=O)C(O)CC4(C)C(=CCC5C6(C)CCC(OC(C)=O)C(C)(COC(C)=O)C6CCC54C)C3CC2(C)C)C(OC(C)=O)C1OC(=O)C(C)=CC. The third-order valence-electron chi connectivity index (χ3n) is 18.8. The van der Waals surface area contributed by atoms with Crippen LogP contribution in [0.25, 0.3) is 0 Å². The summed E-state index contributed by atoms with van der Waals surface area (Å²) in [5.41, 5.74) is -2.88. The highest BCUT2D eigenvalue weighted by Crippen LogP contribution is 2.76. The smallest absolute Gasteiger partial charge is 0.333 e. The molecule has 0 amide bonds. The molecule has 1 N–H and O–H groups in total. The summed E-state index contributed by atoms with van der Waals surface area (Å²) >= 11 is 0. The van der Waals surface area contributed by atoms with Crippen LogP contribution in [0.1, 0.15) is 156 Å². The molecule has 6 aliphatic rings. The van der Waals surface area contributed by atoms with Gasteiger partial charge in [-0.15, -0.1) is 0 Å². The van der Waals surface area contributed by atoms with Crippen molar-refractivity contribution in [3.63, 3.8) is 0 Å². The van der Waals surface area contributed by atoms with Crippen molar-refractivity contribution in [1.82, 2.24) is 0 Å². The lowest BCUT2D eigenvalue weighted by Crippen LogP contribution is -2.73. The maximum absolute atomic E-state index is 13.6. The molecule has 5 aliphatic carbocycles. The lowest BCUT2D eigenvalue weighted by molar-refractivity contribution is -0.343. The number of aliphatic hydroxyl groups is 1. The molecule has 0 aromatic heterocycles. The summed E-state index contributed by atoms with van der Waals surface area (Å²) in [5.74, 6) is -4.79. The van der Waals surface area contributed by atoms with E-state index in [1.54, 1.807) is 46.8 Å². The van der Waals surface area contributed by atoms with Gasteiger partial charge < -0.3 is 47.7 Å². The van der Waals surface area contributed by atoms with E-state index in [2.05, 4.69) is 33.8 Å². The second-order valence-electron chi connectivity index (χ2n) is 23.6. The van der Waals surface area contributed by atoms with Crippen LogP contribution in [0.4, 0.5) is 0 Å². The van der Waals surface area contributed by atoms with E-state index in [4.69, 9.17) is 42.6 Å². The van der Waals surface area contributed by atoms with Crippen LogP contribution in [-0.4, -0.2) is 115 Å². The fourth-order valence-electron chi connectivity index (χ4n) is 14.8. The Morgan fingerprint density at radius 3 is 1.77 bits per heavy atom. The fourth-order valence-corrected chi connectivity index (χ4v) is 14.8. The number of hydrogen-bond acceptors (Lipinski definition) is 17. The Balaban J connectivity index is 1.47. The Morgan fingerprint density at radius 1 is 0.658 bits per heavy atom. The van der Waals surface area contributed by atoms with E-state index < -0.39 is 124 Å². The van der Waals surface area contributed by atoms with Gasteiger partial charge >= 0.3 is 41.8 Å². The van der Waals surface area contributed by atoms with Gasteiger partial charge in [-0.3, -0.25) is 24.0 Å². The Kier molecular flexibility index (Phi) is 16.7. The maximum atomic E-state index is 13.6. The molecule has 1 heterocycles. The number of carbonyl (C=O) groups is 7. The molecular weight excluding hydrogens is 945 g/mol. The van der Waals surface area contributed by atoms with Gasteiger partial charge in [0, 0.05) is 51.2 Å². The van der Waals surface area contributed by atoms with Gasteiger partial charge in [0.15, 0.2) is 24.6 Å². The number of ether oxygens (including phenoxy) is 9. The summed E-state index contributed by atoms with van der Waals surface area (Å²) in [6.07, 6.45) is -1.55. The first-order valence-electron chi connectivity index (χ1n) is 26.0. The van der Waals surface area contributed by atoms with E-state index in [1.807, 2.05) is 13.8 Å². The molecule has 73 heavy (non-hydrogen) atoms.